The molecule has 2 heterocycles. The van der Waals surface area contributed by atoms with Gasteiger partial charge >= 0.3 is 0 Å². The van der Waals surface area contributed by atoms with Crippen LogP contribution >= 0.6 is 0 Å². The second-order valence-electron chi connectivity index (χ2n) is 4.09. The summed E-state index contributed by atoms with van der Waals surface area (Å²) < 4.78 is 0. The Bertz CT molecular complexity index is 575. The third kappa shape index (κ3) is 1.51. The van der Waals surface area contributed by atoms with Crippen molar-refractivity contribution in [3.8, 4) is 0 Å². The molecule has 0 saturated carbocycles. The largest absolute Gasteiger partial charge is 0.306 e. The van der Waals surface area contributed by atoms with Crippen LogP contribution in [0.4, 0.5) is 5.69 Å². The molecule has 3 rings (SSSR count). The number of nitrogens with zero attached hydrogens (tertiary/aromatic N) is 3. The van der Waals surface area contributed by atoms with Crippen LogP contribution in [0.1, 0.15) is 21.7 Å². The van der Waals surface area contributed by atoms with Crippen LogP contribution in [0.5, 0.6) is 0 Å². The summed E-state index contributed by atoms with van der Waals surface area (Å²) in [5, 5.41) is 10.3. The molecule has 17 heavy (non-hydrogen) atoms. The lowest BCUT2D eigenvalue weighted by Crippen LogP contribution is -2.29. The minimum Gasteiger partial charge on any atom is -0.306 e. The molecule has 0 spiro atoms. The predicted molar refractivity (Wildman–Crippen MR) is 62.9 cm³/mol. The van der Waals surface area contributed by atoms with E-state index in [1.54, 1.807) is 11.8 Å². The van der Waals surface area contributed by atoms with Crippen molar-refractivity contribution in [2.24, 2.45) is 0 Å². The van der Waals surface area contributed by atoms with E-state index < -0.39 is 0 Å². The fourth-order valence-corrected chi connectivity index (χ4v) is 2.16. The Hall–Kier alpha value is -2.17. The van der Waals surface area contributed by atoms with Crippen LogP contribution in [-0.4, -0.2) is 27.9 Å². The number of hydrogen-bond donors (Lipinski definition) is 1. The molecule has 0 bridgehead atoms. The minimum atomic E-state index is -0.0822. The lowest BCUT2D eigenvalue weighted by Gasteiger charge is -2.15. The first-order chi connectivity index (χ1) is 8.27. The predicted octanol–water partition coefficient (Wildman–Crippen LogP) is 1.32. The lowest BCUT2D eigenvalue weighted by molar-refractivity contribution is 0.0984. The van der Waals surface area contributed by atoms with Crippen LogP contribution in [0, 0.1) is 6.92 Å². The molecule has 1 amide bonds. The van der Waals surface area contributed by atoms with Crippen molar-refractivity contribution < 1.29 is 4.79 Å². The molecule has 0 radical (unpaired) electrons. The van der Waals surface area contributed by atoms with Crippen LogP contribution in [0.15, 0.2) is 24.3 Å². The van der Waals surface area contributed by atoms with Gasteiger partial charge in [0.15, 0.2) is 5.69 Å². The Kier molecular flexibility index (Phi) is 2.18. The number of aromatic nitrogens is 3. The molecule has 5 nitrogen and oxygen atoms in total. The lowest BCUT2D eigenvalue weighted by atomic mass is 10.2. The third-order valence-corrected chi connectivity index (χ3v) is 3.06. The zero-order chi connectivity index (χ0) is 11.8. The van der Waals surface area contributed by atoms with E-state index >= 15 is 0 Å². The SMILES string of the molecule is Cc1n[nH]nc1C(=O)N1CCc2ccccc21. The molecule has 86 valence electrons. The van der Waals surface area contributed by atoms with Crippen molar-refractivity contribution in [3.05, 3.63) is 41.2 Å². The van der Waals surface area contributed by atoms with Gasteiger partial charge in [-0.15, -0.1) is 0 Å². The van der Waals surface area contributed by atoms with E-state index in [0.717, 1.165) is 12.1 Å². The van der Waals surface area contributed by atoms with E-state index in [1.165, 1.54) is 5.56 Å². The smallest absolute Gasteiger partial charge is 0.280 e. The molecule has 2 aromatic rings. The number of carbonyl (C=O) groups is 1. The number of hydrogen-bond acceptors (Lipinski definition) is 3. The van der Waals surface area contributed by atoms with Gasteiger partial charge in [0.25, 0.3) is 5.91 Å². The normalized spacial score (nSPS) is 13.8. The van der Waals surface area contributed by atoms with Gasteiger partial charge in [-0.3, -0.25) is 4.79 Å². The van der Waals surface area contributed by atoms with Crippen molar-refractivity contribution >= 4 is 11.6 Å². The van der Waals surface area contributed by atoms with Crippen molar-refractivity contribution in [1.82, 2.24) is 15.4 Å². The topological polar surface area (TPSA) is 61.9 Å². The molecular formula is C12H12N4O. The summed E-state index contributed by atoms with van der Waals surface area (Å²) in [7, 11) is 0. The zero-order valence-electron chi connectivity index (χ0n) is 9.47. The summed E-state index contributed by atoms with van der Waals surface area (Å²) in [6.45, 7) is 2.49. The number of aryl methyl sites for hydroxylation is 1. The maximum absolute atomic E-state index is 12.3. The summed E-state index contributed by atoms with van der Waals surface area (Å²) >= 11 is 0. The van der Waals surface area contributed by atoms with E-state index in [2.05, 4.69) is 21.5 Å². The number of para-hydroxylation sites is 1. The third-order valence-electron chi connectivity index (χ3n) is 3.06. The molecule has 0 aliphatic carbocycles. The zero-order valence-corrected chi connectivity index (χ0v) is 9.47. The van der Waals surface area contributed by atoms with E-state index in [9.17, 15) is 4.79 Å². The van der Waals surface area contributed by atoms with Gasteiger partial charge in [0, 0.05) is 12.2 Å². The quantitative estimate of drug-likeness (QED) is 0.800. The maximum Gasteiger partial charge on any atom is 0.280 e. The number of H-pyrrole nitrogens is 1. The highest BCUT2D eigenvalue weighted by atomic mass is 16.2. The van der Waals surface area contributed by atoms with Crippen LogP contribution in [0.3, 0.4) is 0 Å². The molecule has 1 aromatic carbocycles. The number of carbonyl (C=O) groups excluding carboxylic acids is 1. The molecule has 0 fully saturated rings. The van der Waals surface area contributed by atoms with Gasteiger partial charge in [-0.1, -0.05) is 18.2 Å². The fraction of sp³-hybridized carbons (Fsp3) is 0.250. The number of fused-ring (bicyclic) bond motifs is 1. The number of nitrogens with one attached hydrogen (secondary N) is 1. The maximum atomic E-state index is 12.3. The van der Waals surface area contributed by atoms with E-state index in [1.807, 2.05) is 18.2 Å². The highest BCUT2D eigenvalue weighted by Crippen LogP contribution is 2.28. The van der Waals surface area contributed by atoms with Gasteiger partial charge in [-0.25, -0.2) is 0 Å². The first-order valence-corrected chi connectivity index (χ1v) is 5.54. The Labute approximate surface area is 98.4 Å². The standard InChI is InChI=1S/C12H12N4O/c1-8-11(14-15-13-8)12(17)16-7-6-9-4-2-3-5-10(9)16/h2-5H,6-7H2,1H3,(H,13,14,15). The van der Waals surface area contributed by atoms with Gasteiger partial charge in [-0.2, -0.15) is 15.4 Å². The van der Waals surface area contributed by atoms with Gasteiger partial charge in [0.1, 0.15) is 0 Å². The molecule has 5 heteroatoms. The average molecular weight is 228 g/mol. The summed E-state index contributed by atoms with van der Waals surface area (Å²) in [5.74, 6) is -0.0822. The number of amides is 1. The number of anilines is 1. The Balaban J connectivity index is 1.98. The van der Waals surface area contributed by atoms with Gasteiger partial charge in [0.2, 0.25) is 0 Å². The van der Waals surface area contributed by atoms with E-state index in [4.69, 9.17) is 0 Å². The Morgan fingerprint density at radius 1 is 1.35 bits per heavy atom. The molecule has 1 N–H and O–H groups in total. The van der Waals surface area contributed by atoms with Crippen molar-refractivity contribution in [2.45, 2.75) is 13.3 Å². The van der Waals surface area contributed by atoms with E-state index in [0.29, 0.717) is 17.9 Å². The summed E-state index contributed by atoms with van der Waals surface area (Å²) in [6, 6.07) is 7.96. The van der Waals surface area contributed by atoms with Crippen molar-refractivity contribution in [1.29, 1.82) is 0 Å². The van der Waals surface area contributed by atoms with Crippen LogP contribution in [0.25, 0.3) is 0 Å². The second-order valence-corrected chi connectivity index (χ2v) is 4.09. The highest BCUT2D eigenvalue weighted by Gasteiger charge is 2.27. The Morgan fingerprint density at radius 3 is 2.94 bits per heavy atom. The molecule has 0 unspecified atom stereocenters. The van der Waals surface area contributed by atoms with Gasteiger partial charge < -0.3 is 4.90 Å². The van der Waals surface area contributed by atoms with Gasteiger partial charge in [-0.05, 0) is 25.0 Å². The molecule has 1 aliphatic rings. The first kappa shape index (κ1) is 10.0. The highest BCUT2D eigenvalue weighted by molar-refractivity contribution is 6.06. The second kappa shape index (κ2) is 3.69. The minimum absolute atomic E-state index is 0.0822. The first-order valence-electron chi connectivity index (χ1n) is 5.54. The fourth-order valence-electron chi connectivity index (χ4n) is 2.16. The van der Waals surface area contributed by atoms with Crippen molar-refractivity contribution in [3.63, 3.8) is 0 Å². The van der Waals surface area contributed by atoms with Crippen LogP contribution in [0.2, 0.25) is 0 Å². The van der Waals surface area contributed by atoms with Crippen molar-refractivity contribution in [2.75, 3.05) is 11.4 Å². The molecule has 0 atom stereocenters. The van der Waals surface area contributed by atoms with Crippen LogP contribution < -0.4 is 4.90 Å². The molecular weight excluding hydrogens is 216 g/mol. The van der Waals surface area contributed by atoms with E-state index in [-0.39, 0.29) is 5.91 Å². The number of aromatic amines is 1. The number of rotatable bonds is 1. The van der Waals surface area contributed by atoms with Gasteiger partial charge in [0.05, 0.1) is 5.69 Å². The molecule has 0 saturated heterocycles. The Morgan fingerprint density at radius 2 is 2.18 bits per heavy atom. The molecule has 1 aromatic heterocycles. The summed E-state index contributed by atoms with van der Waals surface area (Å²) in [6.07, 6.45) is 0.902. The monoisotopic (exact) mass is 228 g/mol. The molecule has 1 aliphatic heterocycles. The summed E-state index contributed by atoms with van der Waals surface area (Å²) in [5.41, 5.74) is 3.24. The number of benzene rings is 1. The van der Waals surface area contributed by atoms with Crippen LogP contribution in [-0.2, 0) is 6.42 Å². The average Bonchev–Trinajstić information content (AvgIpc) is 2.94. The summed E-state index contributed by atoms with van der Waals surface area (Å²) in [4.78, 5) is 14.1.